The topological polar surface area (TPSA) is 55.1 Å². The Morgan fingerprint density at radius 2 is 2.00 bits per heavy atom. The third kappa shape index (κ3) is 1.93. The largest absolute Gasteiger partial charge is 0.368 e. The lowest BCUT2D eigenvalue weighted by molar-refractivity contribution is -0.121. The first-order valence-electron chi connectivity index (χ1n) is 6.74. The molecule has 3 N–H and O–H groups in total. The van der Waals surface area contributed by atoms with E-state index in [0.717, 1.165) is 25.7 Å². The van der Waals surface area contributed by atoms with E-state index in [1.165, 1.54) is 11.1 Å². The summed E-state index contributed by atoms with van der Waals surface area (Å²) in [5.41, 5.74) is 7.90. The Labute approximate surface area is 108 Å². The Morgan fingerprint density at radius 3 is 2.56 bits per heavy atom. The average Bonchev–Trinajstić information content (AvgIpc) is 3.05. The van der Waals surface area contributed by atoms with Gasteiger partial charge in [0.05, 0.1) is 5.54 Å². The summed E-state index contributed by atoms with van der Waals surface area (Å²) in [7, 11) is 0. The fourth-order valence-electron chi connectivity index (χ4n) is 3.01. The third-order valence-corrected chi connectivity index (χ3v) is 4.47. The maximum absolute atomic E-state index is 11.3. The summed E-state index contributed by atoms with van der Waals surface area (Å²) in [5, 5.41) is 3.45. The van der Waals surface area contributed by atoms with Gasteiger partial charge in [0.15, 0.2) is 0 Å². The molecule has 0 saturated heterocycles. The summed E-state index contributed by atoms with van der Waals surface area (Å²) in [5.74, 6) is 0.467. The number of benzene rings is 1. The normalized spacial score (nSPS) is 28.5. The molecule has 3 nitrogen and oxygen atoms in total. The number of carbonyl (C=O) groups excluding carboxylic acids is 1. The van der Waals surface area contributed by atoms with E-state index in [1.807, 2.05) is 0 Å². The van der Waals surface area contributed by atoms with Crippen LogP contribution in [-0.4, -0.2) is 17.5 Å². The van der Waals surface area contributed by atoms with E-state index in [9.17, 15) is 4.79 Å². The summed E-state index contributed by atoms with van der Waals surface area (Å²) in [6.45, 7) is 2.17. The zero-order valence-electron chi connectivity index (χ0n) is 10.8. The summed E-state index contributed by atoms with van der Waals surface area (Å²) in [6, 6.07) is 9.04. The minimum atomic E-state index is -0.360. The predicted octanol–water partition coefficient (Wildman–Crippen LogP) is 1.85. The molecule has 0 unspecified atom stereocenters. The highest BCUT2D eigenvalue weighted by Gasteiger charge is 2.51. The van der Waals surface area contributed by atoms with Gasteiger partial charge in [0.2, 0.25) is 5.91 Å². The number of nitrogens with two attached hydrogens (primary N) is 1. The fourth-order valence-corrected chi connectivity index (χ4v) is 3.01. The highest BCUT2D eigenvalue weighted by atomic mass is 16.1. The Kier molecular flexibility index (Phi) is 2.67. The van der Waals surface area contributed by atoms with Crippen LogP contribution in [0.1, 0.15) is 42.7 Å². The first kappa shape index (κ1) is 11.7. The molecule has 0 heterocycles. The molecular weight excluding hydrogens is 224 g/mol. The van der Waals surface area contributed by atoms with E-state index in [-0.39, 0.29) is 11.4 Å². The predicted molar refractivity (Wildman–Crippen MR) is 71.2 cm³/mol. The van der Waals surface area contributed by atoms with E-state index in [4.69, 9.17) is 5.73 Å². The van der Waals surface area contributed by atoms with E-state index >= 15 is 0 Å². The summed E-state index contributed by atoms with van der Waals surface area (Å²) in [6.07, 6.45) is 4.07. The van der Waals surface area contributed by atoms with Crippen molar-refractivity contribution in [3.05, 3.63) is 35.4 Å². The van der Waals surface area contributed by atoms with E-state index in [1.54, 1.807) is 0 Å². The van der Waals surface area contributed by atoms with Crippen LogP contribution in [0.3, 0.4) is 0 Å². The van der Waals surface area contributed by atoms with Crippen molar-refractivity contribution in [1.29, 1.82) is 0 Å². The molecule has 0 radical (unpaired) electrons. The van der Waals surface area contributed by atoms with Gasteiger partial charge in [0, 0.05) is 6.04 Å². The monoisotopic (exact) mass is 244 g/mol. The number of rotatable bonds is 4. The molecule has 3 heteroatoms. The number of hydrogen-bond acceptors (Lipinski definition) is 2. The van der Waals surface area contributed by atoms with Crippen molar-refractivity contribution in [1.82, 2.24) is 5.32 Å². The molecule has 0 aliphatic heterocycles. The standard InChI is InChI=1S/C15H20N2O/c1-10-4-2-3-5-13(10)11-8-12(9-11)17-15(6-7-15)14(16)18/h2-5,11-12,17H,6-9H2,1H3,(H2,16,18). The van der Waals surface area contributed by atoms with Crippen LogP contribution in [0, 0.1) is 6.92 Å². The molecule has 1 aromatic rings. The molecule has 0 spiro atoms. The van der Waals surface area contributed by atoms with Crippen LogP contribution in [0.25, 0.3) is 0 Å². The second-order valence-electron chi connectivity index (χ2n) is 5.81. The number of nitrogens with one attached hydrogen (secondary N) is 1. The van der Waals surface area contributed by atoms with Gasteiger partial charge in [-0.15, -0.1) is 0 Å². The number of aryl methyl sites for hydroxylation is 1. The van der Waals surface area contributed by atoms with Crippen molar-refractivity contribution in [3.63, 3.8) is 0 Å². The van der Waals surface area contributed by atoms with Crippen molar-refractivity contribution in [2.75, 3.05) is 0 Å². The number of carbonyl (C=O) groups is 1. The smallest absolute Gasteiger partial charge is 0.237 e. The van der Waals surface area contributed by atoms with Gasteiger partial charge in [0.25, 0.3) is 0 Å². The molecule has 2 saturated carbocycles. The maximum Gasteiger partial charge on any atom is 0.237 e. The van der Waals surface area contributed by atoms with Gasteiger partial charge in [0.1, 0.15) is 0 Å². The van der Waals surface area contributed by atoms with Crippen LogP contribution in [-0.2, 0) is 4.79 Å². The summed E-state index contributed by atoms with van der Waals surface area (Å²) in [4.78, 5) is 11.3. The molecule has 96 valence electrons. The van der Waals surface area contributed by atoms with Crippen LogP contribution in [0.5, 0.6) is 0 Å². The second-order valence-corrected chi connectivity index (χ2v) is 5.81. The lowest BCUT2D eigenvalue weighted by Crippen LogP contribution is -2.52. The zero-order chi connectivity index (χ0) is 12.8. The van der Waals surface area contributed by atoms with Gasteiger partial charge in [-0.1, -0.05) is 24.3 Å². The first-order chi connectivity index (χ1) is 8.61. The molecule has 2 fully saturated rings. The Morgan fingerprint density at radius 1 is 1.33 bits per heavy atom. The van der Waals surface area contributed by atoms with Crippen LogP contribution >= 0.6 is 0 Å². The van der Waals surface area contributed by atoms with Gasteiger partial charge in [-0.25, -0.2) is 0 Å². The molecule has 1 aromatic carbocycles. The fraction of sp³-hybridized carbons (Fsp3) is 0.533. The van der Waals surface area contributed by atoms with Gasteiger partial charge >= 0.3 is 0 Å². The van der Waals surface area contributed by atoms with Crippen molar-refractivity contribution in [3.8, 4) is 0 Å². The summed E-state index contributed by atoms with van der Waals surface area (Å²) >= 11 is 0. The molecular formula is C15H20N2O. The molecule has 0 bridgehead atoms. The van der Waals surface area contributed by atoms with Gasteiger partial charge < -0.3 is 11.1 Å². The minimum absolute atomic E-state index is 0.179. The zero-order valence-corrected chi connectivity index (χ0v) is 10.8. The second kappa shape index (κ2) is 4.09. The SMILES string of the molecule is Cc1ccccc1C1CC(NC2(C(N)=O)CC2)C1. The number of amides is 1. The first-order valence-corrected chi connectivity index (χ1v) is 6.74. The van der Waals surface area contributed by atoms with Crippen LogP contribution in [0.15, 0.2) is 24.3 Å². The van der Waals surface area contributed by atoms with Crippen molar-refractivity contribution < 1.29 is 4.79 Å². The van der Waals surface area contributed by atoms with E-state index in [0.29, 0.717) is 12.0 Å². The van der Waals surface area contributed by atoms with Gasteiger partial charge in [-0.05, 0) is 49.7 Å². The number of primary amides is 1. The highest BCUT2D eigenvalue weighted by molar-refractivity contribution is 5.87. The molecule has 2 aliphatic rings. The van der Waals surface area contributed by atoms with Crippen LogP contribution in [0.2, 0.25) is 0 Å². The minimum Gasteiger partial charge on any atom is -0.368 e. The van der Waals surface area contributed by atoms with Gasteiger partial charge in [-0.3, -0.25) is 4.79 Å². The molecule has 3 rings (SSSR count). The third-order valence-electron chi connectivity index (χ3n) is 4.47. The summed E-state index contributed by atoms with van der Waals surface area (Å²) < 4.78 is 0. The lowest BCUT2D eigenvalue weighted by atomic mass is 9.74. The van der Waals surface area contributed by atoms with Gasteiger partial charge in [-0.2, -0.15) is 0 Å². The van der Waals surface area contributed by atoms with Crippen molar-refractivity contribution >= 4 is 5.91 Å². The van der Waals surface area contributed by atoms with Crippen molar-refractivity contribution in [2.24, 2.45) is 5.73 Å². The Hall–Kier alpha value is -1.35. The molecule has 2 aliphatic carbocycles. The molecule has 0 aromatic heterocycles. The Bertz CT molecular complexity index is 473. The quantitative estimate of drug-likeness (QED) is 0.849. The molecule has 18 heavy (non-hydrogen) atoms. The molecule has 0 atom stereocenters. The van der Waals surface area contributed by atoms with Crippen molar-refractivity contribution in [2.45, 2.75) is 50.1 Å². The van der Waals surface area contributed by atoms with E-state index < -0.39 is 0 Å². The average molecular weight is 244 g/mol. The number of hydrogen-bond donors (Lipinski definition) is 2. The Balaban J connectivity index is 1.58. The lowest BCUT2D eigenvalue weighted by Gasteiger charge is -2.39. The maximum atomic E-state index is 11.3. The van der Waals surface area contributed by atoms with Crippen LogP contribution in [0.4, 0.5) is 0 Å². The molecule has 1 amide bonds. The van der Waals surface area contributed by atoms with Crippen LogP contribution < -0.4 is 11.1 Å². The van der Waals surface area contributed by atoms with E-state index in [2.05, 4.69) is 36.5 Å². The highest BCUT2D eigenvalue weighted by Crippen LogP contribution is 2.43.